The van der Waals surface area contributed by atoms with Gasteiger partial charge in [-0.15, -0.1) is 0 Å². The van der Waals surface area contributed by atoms with Gasteiger partial charge in [-0.3, -0.25) is 14.8 Å². The zero-order valence-electron chi connectivity index (χ0n) is 13.7. The molecule has 1 aliphatic heterocycles. The van der Waals surface area contributed by atoms with Gasteiger partial charge in [0.2, 0.25) is 0 Å². The Morgan fingerprint density at radius 2 is 2.09 bits per heavy atom. The van der Waals surface area contributed by atoms with E-state index >= 15 is 0 Å². The normalized spacial score (nSPS) is 20.7. The van der Waals surface area contributed by atoms with Crippen molar-refractivity contribution in [2.24, 2.45) is 4.99 Å². The highest BCUT2D eigenvalue weighted by Crippen LogP contribution is 2.16. The number of aliphatic imine (C=N–C) groups is 1. The van der Waals surface area contributed by atoms with Crippen molar-refractivity contribution in [3.63, 3.8) is 0 Å². The molecule has 0 aliphatic carbocycles. The Kier molecular flexibility index (Phi) is 7.95. The first-order chi connectivity index (χ1) is 10.4. The largest absolute Gasteiger partial charge is 0.401 e. The molecule has 8 heteroatoms. The van der Waals surface area contributed by atoms with Crippen LogP contribution in [0.4, 0.5) is 13.2 Å². The molecule has 22 heavy (non-hydrogen) atoms. The maximum Gasteiger partial charge on any atom is 0.401 e. The molecule has 130 valence electrons. The summed E-state index contributed by atoms with van der Waals surface area (Å²) in [5.74, 6) is 0.642. The summed E-state index contributed by atoms with van der Waals surface area (Å²) in [6.07, 6.45) is -1.76. The average Bonchev–Trinajstić information content (AvgIpc) is 2.88. The molecule has 0 radical (unpaired) electrons. The second-order valence-corrected chi connectivity index (χ2v) is 5.66. The van der Waals surface area contributed by atoms with E-state index in [0.29, 0.717) is 25.1 Å². The molecule has 0 saturated carbocycles. The second-order valence-electron chi connectivity index (χ2n) is 5.66. The molecule has 1 aliphatic rings. The molecule has 1 heterocycles. The Morgan fingerprint density at radius 3 is 2.68 bits per heavy atom. The minimum atomic E-state index is -4.15. The van der Waals surface area contributed by atoms with Gasteiger partial charge < -0.3 is 10.6 Å². The lowest BCUT2D eigenvalue weighted by Crippen LogP contribution is -2.46. The van der Waals surface area contributed by atoms with Gasteiger partial charge in [0.15, 0.2) is 5.96 Å². The summed E-state index contributed by atoms with van der Waals surface area (Å²) < 4.78 is 36.7. The van der Waals surface area contributed by atoms with Crippen LogP contribution in [0.15, 0.2) is 4.99 Å². The van der Waals surface area contributed by atoms with Gasteiger partial charge in [0.05, 0.1) is 6.54 Å². The molecule has 1 fully saturated rings. The van der Waals surface area contributed by atoms with Crippen molar-refractivity contribution in [1.82, 2.24) is 20.4 Å². The van der Waals surface area contributed by atoms with Crippen LogP contribution in [-0.2, 0) is 0 Å². The highest BCUT2D eigenvalue weighted by atomic mass is 19.4. The predicted molar refractivity (Wildman–Crippen MR) is 83.2 cm³/mol. The fourth-order valence-corrected chi connectivity index (χ4v) is 2.73. The Balaban J connectivity index is 2.23. The lowest BCUT2D eigenvalue weighted by Gasteiger charge is -2.24. The zero-order chi connectivity index (χ0) is 16.6. The number of guanidine groups is 1. The van der Waals surface area contributed by atoms with Crippen molar-refractivity contribution in [3.8, 4) is 0 Å². The van der Waals surface area contributed by atoms with Crippen molar-refractivity contribution in [3.05, 3.63) is 0 Å². The van der Waals surface area contributed by atoms with Crippen molar-refractivity contribution in [2.45, 2.75) is 32.0 Å². The minimum Gasteiger partial charge on any atom is -0.355 e. The Labute approximate surface area is 130 Å². The lowest BCUT2D eigenvalue weighted by atomic mass is 10.2. The smallest absolute Gasteiger partial charge is 0.355 e. The topological polar surface area (TPSA) is 42.9 Å². The predicted octanol–water partition coefficient (Wildman–Crippen LogP) is 1.13. The summed E-state index contributed by atoms with van der Waals surface area (Å²) in [5, 5.41) is 6.31. The second kappa shape index (κ2) is 9.19. The summed E-state index contributed by atoms with van der Waals surface area (Å²) in [4.78, 5) is 7.78. The molecule has 0 aromatic rings. The molecule has 1 atom stereocenters. The molecule has 0 amide bonds. The Bertz CT molecular complexity index is 346. The number of hydrogen-bond acceptors (Lipinski definition) is 3. The molecule has 0 bridgehead atoms. The van der Waals surface area contributed by atoms with Crippen molar-refractivity contribution < 1.29 is 13.2 Å². The van der Waals surface area contributed by atoms with E-state index in [1.165, 1.54) is 24.8 Å². The molecular weight excluding hydrogens is 295 g/mol. The van der Waals surface area contributed by atoms with E-state index in [0.717, 1.165) is 19.6 Å². The van der Waals surface area contributed by atoms with Crippen LogP contribution >= 0.6 is 0 Å². The van der Waals surface area contributed by atoms with Gasteiger partial charge in [-0.1, -0.05) is 6.92 Å². The summed E-state index contributed by atoms with van der Waals surface area (Å²) >= 11 is 0. The monoisotopic (exact) mass is 323 g/mol. The van der Waals surface area contributed by atoms with Gasteiger partial charge in [-0.05, 0) is 33.0 Å². The van der Waals surface area contributed by atoms with Crippen LogP contribution in [0.1, 0.15) is 19.8 Å². The number of hydrogen-bond donors (Lipinski definition) is 2. The van der Waals surface area contributed by atoms with Gasteiger partial charge in [0.1, 0.15) is 0 Å². The quantitative estimate of drug-likeness (QED) is 0.544. The van der Waals surface area contributed by atoms with E-state index in [-0.39, 0.29) is 0 Å². The number of rotatable bonds is 7. The number of nitrogens with one attached hydrogen (secondary N) is 2. The summed E-state index contributed by atoms with van der Waals surface area (Å²) in [7, 11) is 3.13. The number of nitrogens with zero attached hydrogens (tertiary/aromatic N) is 3. The maximum absolute atomic E-state index is 12.2. The van der Waals surface area contributed by atoms with E-state index in [9.17, 15) is 13.2 Å². The first-order valence-electron chi connectivity index (χ1n) is 7.79. The standard InChI is InChI=1S/C14H28F3N5/c1-4-22-8-5-6-12(22)10-20-13(18-2)19-7-9-21(3)11-14(15,16)17/h12H,4-11H2,1-3H3,(H2,18,19,20). The number of halogens is 3. The highest BCUT2D eigenvalue weighted by Gasteiger charge is 2.28. The third-order valence-corrected chi connectivity index (χ3v) is 3.87. The molecular formula is C14H28F3N5. The van der Waals surface area contributed by atoms with Gasteiger partial charge in [-0.2, -0.15) is 13.2 Å². The van der Waals surface area contributed by atoms with E-state index in [1.54, 1.807) is 7.05 Å². The van der Waals surface area contributed by atoms with Gasteiger partial charge in [-0.25, -0.2) is 0 Å². The fourth-order valence-electron chi connectivity index (χ4n) is 2.73. The van der Waals surface area contributed by atoms with Crippen LogP contribution in [0.2, 0.25) is 0 Å². The van der Waals surface area contributed by atoms with E-state index < -0.39 is 12.7 Å². The van der Waals surface area contributed by atoms with Crippen molar-refractivity contribution in [2.75, 3.05) is 53.4 Å². The molecule has 1 saturated heterocycles. The summed E-state index contributed by atoms with van der Waals surface area (Å²) in [6.45, 7) is 4.99. The Hall–Kier alpha value is -1.02. The SMILES string of the molecule is CCN1CCCC1CNC(=NC)NCCN(C)CC(F)(F)F. The molecule has 0 aromatic heterocycles. The third kappa shape index (κ3) is 7.31. The van der Waals surface area contributed by atoms with Crippen LogP contribution in [0.5, 0.6) is 0 Å². The average molecular weight is 323 g/mol. The van der Waals surface area contributed by atoms with E-state index in [1.807, 2.05) is 0 Å². The van der Waals surface area contributed by atoms with Crippen molar-refractivity contribution in [1.29, 1.82) is 0 Å². The maximum atomic E-state index is 12.2. The number of likely N-dealkylation sites (N-methyl/N-ethyl adjacent to an activating group) is 2. The molecule has 1 unspecified atom stereocenters. The van der Waals surface area contributed by atoms with E-state index in [4.69, 9.17) is 0 Å². The molecule has 0 aromatic carbocycles. The number of likely N-dealkylation sites (tertiary alicyclic amines) is 1. The zero-order valence-corrected chi connectivity index (χ0v) is 13.7. The molecule has 0 spiro atoms. The van der Waals surface area contributed by atoms with Crippen LogP contribution < -0.4 is 10.6 Å². The van der Waals surface area contributed by atoms with Crippen molar-refractivity contribution >= 4 is 5.96 Å². The summed E-state index contributed by atoms with van der Waals surface area (Å²) in [5.41, 5.74) is 0. The third-order valence-electron chi connectivity index (χ3n) is 3.87. The van der Waals surface area contributed by atoms with Crippen LogP contribution in [0, 0.1) is 0 Å². The first kappa shape index (κ1) is 19.0. The van der Waals surface area contributed by atoms with Gasteiger partial charge in [0, 0.05) is 32.7 Å². The lowest BCUT2D eigenvalue weighted by molar-refractivity contribution is -0.142. The molecule has 1 rings (SSSR count). The highest BCUT2D eigenvalue weighted by molar-refractivity contribution is 5.79. The molecule has 5 nitrogen and oxygen atoms in total. The van der Waals surface area contributed by atoms with Crippen LogP contribution in [0.3, 0.4) is 0 Å². The summed E-state index contributed by atoms with van der Waals surface area (Å²) in [6, 6.07) is 0.511. The molecule has 2 N–H and O–H groups in total. The van der Waals surface area contributed by atoms with Gasteiger partial charge in [0.25, 0.3) is 0 Å². The van der Waals surface area contributed by atoms with E-state index in [2.05, 4.69) is 27.4 Å². The number of alkyl halides is 3. The van der Waals surface area contributed by atoms with Crippen LogP contribution in [-0.4, -0.2) is 81.3 Å². The fraction of sp³-hybridized carbons (Fsp3) is 0.929. The minimum absolute atomic E-state index is 0.310. The first-order valence-corrected chi connectivity index (χ1v) is 7.79. The van der Waals surface area contributed by atoms with Crippen LogP contribution in [0.25, 0.3) is 0 Å². The van der Waals surface area contributed by atoms with Gasteiger partial charge >= 0.3 is 6.18 Å². The Morgan fingerprint density at radius 1 is 1.36 bits per heavy atom.